The molecule has 1 unspecified atom stereocenters. The molecule has 472 valence electrons. The maximum absolute atomic E-state index is 12.9. The number of hydrogen-bond donors (Lipinski definition) is 0. The van der Waals surface area contributed by atoms with E-state index in [-0.39, 0.29) is 31.1 Å². The Labute approximate surface area is 504 Å². The smallest absolute Gasteiger partial charge is 0.306 e. The Morgan fingerprint density at radius 2 is 0.444 bits per heavy atom. The number of ether oxygens (including phenoxy) is 3. The quantitative estimate of drug-likeness (QED) is 0.0261. The summed E-state index contributed by atoms with van der Waals surface area (Å²) < 4.78 is 16.9. The molecule has 0 aromatic carbocycles. The van der Waals surface area contributed by atoms with Crippen LogP contribution in [-0.2, 0) is 28.6 Å². The number of esters is 3. The van der Waals surface area contributed by atoms with Gasteiger partial charge in [-0.05, 0) is 109 Å². The molecule has 0 amide bonds. The van der Waals surface area contributed by atoms with E-state index in [1.54, 1.807) is 0 Å². The molecule has 0 N–H and O–H groups in total. The highest BCUT2D eigenvalue weighted by Crippen LogP contribution is 2.18. The zero-order valence-electron chi connectivity index (χ0n) is 54.3. The number of rotatable bonds is 66. The van der Waals surface area contributed by atoms with E-state index in [0.29, 0.717) is 19.3 Å². The maximum Gasteiger partial charge on any atom is 0.306 e. The van der Waals surface area contributed by atoms with E-state index in [1.807, 2.05) is 0 Å². The Bertz CT molecular complexity index is 1440. The van der Waals surface area contributed by atoms with Crippen molar-refractivity contribution in [3.8, 4) is 0 Å². The summed E-state index contributed by atoms with van der Waals surface area (Å²) in [5.74, 6) is -0.880. The summed E-state index contributed by atoms with van der Waals surface area (Å²) in [5, 5.41) is 0. The summed E-state index contributed by atoms with van der Waals surface area (Å²) in [6, 6.07) is 0. The van der Waals surface area contributed by atoms with Crippen LogP contribution in [0.15, 0.2) is 60.8 Å². The van der Waals surface area contributed by atoms with Crippen LogP contribution in [0, 0.1) is 0 Å². The molecule has 0 aromatic rings. The number of carbonyl (C=O) groups excluding carboxylic acids is 3. The Hall–Kier alpha value is -2.89. The van der Waals surface area contributed by atoms with E-state index >= 15 is 0 Å². The van der Waals surface area contributed by atoms with Gasteiger partial charge in [-0.25, -0.2) is 0 Å². The minimum Gasteiger partial charge on any atom is -0.462 e. The standard InChI is InChI=1S/C75H136O6/c1-4-7-10-13-16-19-22-25-28-29-30-31-32-33-34-35-36-37-38-39-40-41-42-43-44-45-48-50-53-56-59-62-65-68-74(77)80-71-72(81-75(78)69-66-63-60-57-54-51-47-27-24-21-18-15-12-9-6-3)70-79-73(76)67-64-61-58-55-52-49-46-26-23-20-17-14-11-8-5-2/h18,21-22,25-27,29-30,46-47,72H,4-17,19-20,23-24,28,31-45,48-71H2,1-3H3/b21-18-,25-22-,30-29-,46-26-,47-27-. The zero-order chi connectivity index (χ0) is 58.5. The average Bonchev–Trinajstić information content (AvgIpc) is 3.47. The first kappa shape index (κ1) is 78.1. The van der Waals surface area contributed by atoms with E-state index in [9.17, 15) is 14.4 Å². The van der Waals surface area contributed by atoms with Crippen molar-refractivity contribution in [3.63, 3.8) is 0 Å². The highest BCUT2D eigenvalue weighted by atomic mass is 16.6. The lowest BCUT2D eigenvalue weighted by molar-refractivity contribution is -0.167. The molecule has 0 rings (SSSR count). The Morgan fingerprint density at radius 3 is 0.716 bits per heavy atom. The number of allylic oxidation sites excluding steroid dienone is 10. The van der Waals surface area contributed by atoms with Crippen LogP contribution in [0.5, 0.6) is 0 Å². The van der Waals surface area contributed by atoms with Crippen molar-refractivity contribution in [1.29, 1.82) is 0 Å². The molecule has 81 heavy (non-hydrogen) atoms. The summed E-state index contributed by atoms with van der Waals surface area (Å²) in [6.07, 6.45) is 89.8. The van der Waals surface area contributed by atoms with Gasteiger partial charge < -0.3 is 14.2 Å². The first-order valence-electron chi connectivity index (χ1n) is 35.8. The molecule has 0 aliphatic rings. The lowest BCUT2D eigenvalue weighted by Crippen LogP contribution is -2.30. The normalized spacial score (nSPS) is 12.4. The molecule has 0 saturated carbocycles. The van der Waals surface area contributed by atoms with Gasteiger partial charge in [0.2, 0.25) is 0 Å². The van der Waals surface area contributed by atoms with Gasteiger partial charge in [0.25, 0.3) is 0 Å². The molecule has 0 saturated heterocycles. The highest BCUT2D eigenvalue weighted by molar-refractivity contribution is 5.71. The molecule has 0 spiro atoms. The van der Waals surface area contributed by atoms with Gasteiger partial charge in [-0.15, -0.1) is 0 Å². The molecular weight excluding hydrogens is 997 g/mol. The van der Waals surface area contributed by atoms with Crippen molar-refractivity contribution in [2.24, 2.45) is 0 Å². The van der Waals surface area contributed by atoms with Crippen LogP contribution < -0.4 is 0 Å². The molecule has 0 fully saturated rings. The summed E-state index contributed by atoms with van der Waals surface area (Å²) in [6.45, 7) is 6.63. The van der Waals surface area contributed by atoms with Gasteiger partial charge in [0.05, 0.1) is 0 Å². The number of carbonyl (C=O) groups is 3. The molecular formula is C75H136O6. The van der Waals surface area contributed by atoms with Crippen molar-refractivity contribution in [3.05, 3.63) is 60.8 Å². The van der Waals surface area contributed by atoms with Crippen LogP contribution >= 0.6 is 0 Å². The van der Waals surface area contributed by atoms with Crippen molar-refractivity contribution in [2.75, 3.05) is 13.2 Å². The monoisotopic (exact) mass is 1130 g/mol. The van der Waals surface area contributed by atoms with E-state index < -0.39 is 6.10 Å². The molecule has 0 bridgehead atoms. The van der Waals surface area contributed by atoms with Gasteiger partial charge >= 0.3 is 17.9 Å². The molecule has 1 atom stereocenters. The number of hydrogen-bond acceptors (Lipinski definition) is 6. The molecule has 0 aliphatic carbocycles. The third-order valence-corrected chi connectivity index (χ3v) is 16.0. The predicted octanol–water partition coefficient (Wildman–Crippen LogP) is 24.7. The lowest BCUT2D eigenvalue weighted by atomic mass is 10.0. The topological polar surface area (TPSA) is 78.9 Å². The first-order valence-corrected chi connectivity index (χ1v) is 35.8. The van der Waals surface area contributed by atoms with E-state index in [0.717, 1.165) is 96.3 Å². The van der Waals surface area contributed by atoms with Crippen molar-refractivity contribution in [1.82, 2.24) is 0 Å². The number of unbranched alkanes of at least 4 members (excludes halogenated alkanes) is 45. The second-order valence-electron chi connectivity index (χ2n) is 24.1. The first-order chi connectivity index (χ1) is 40.0. The fraction of sp³-hybridized carbons (Fsp3) is 0.827. The van der Waals surface area contributed by atoms with Crippen LogP contribution in [0.2, 0.25) is 0 Å². The third-order valence-electron chi connectivity index (χ3n) is 16.0. The van der Waals surface area contributed by atoms with Crippen LogP contribution in [0.3, 0.4) is 0 Å². The molecule has 0 aliphatic heterocycles. The highest BCUT2D eigenvalue weighted by Gasteiger charge is 2.19. The van der Waals surface area contributed by atoms with Crippen LogP contribution in [-0.4, -0.2) is 37.2 Å². The third kappa shape index (κ3) is 67.8. The summed E-state index contributed by atoms with van der Waals surface area (Å²) in [5.41, 5.74) is 0. The summed E-state index contributed by atoms with van der Waals surface area (Å²) in [7, 11) is 0. The van der Waals surface area contributed by atoms with Gasteiger partial charge in [0.15, 0.2) is 6.10 Å². The fourth-order valence-corrected chi connectivity index (χ4v) is 10.6. The Balaban J connectivity index is 4.14. The maximum atomic E-state index is 12.9. The van der Waals surface area contributed by atoms with Crippen LogP contribution in [0.4, 0.5) is 0 Å². The van der Waals surface area contributed by atoms with Crippen molar-refractivity contribution >= 4 is 17.9 Å². The largest absolute Gasteiger partial charge is 0.462 e. The lowest BCUT2D eigenvalue weighted by Gasteiger charge is -2.18. The molecule has 0 aromatic heterocycles. The van der Waals surface area contributed by atoms with Gasteiger partial charge in [-0.1, -0.05) is 313 Å². The summed E-state index contributed by atoms with van der Waals surface area (Å²) >= 11 is 0. The van der Waals surface area contributed by atoms with Crippen molar-refractivity contribution < 1.29 is 28.6 Å². The Kier molecular flexibility index (Phi) is 67.1. The zero-order valence-corrected chi connectivity index (χ0v) is 54.3. The fourth-order valence-electron chi connectivity index (χ4n) is 10.6. The van der Waals surface area contributed by atoms with Gasteiger partial charge in [-0.3, -0.25) is 14.4 Å². The van der Waals surface area contributed by atoms with Crippen molar-refractivity contribution in [2.45, 2.75) is 386 Å². The van der Waals surface area contributed by atoms with Gasteiger partial charge in [-0.2, -0.15) is 0 Å². The molecule has 6 heteroatoms. The second-order valence-corrected chi connectivity index (χ2v) is 24.1. The van der Waals surface area contributed by atoms with E-state index in [1.165, 1.54) is 244 Å². The minimum absolute atomic E-state index is 0.0787. The van der Waals surface area contributed by atoms with E-state index in [4.69, 9.17) is 14.2 Å². The van der Waals surface area contributed by atoms with Gasteiger partial charge in [0, 0.05) is 19.3 Å². The van der Waals surface area contributed by atoms with Crippen LogP contribution in [0.1, 0.15) is 380 Å². The molecule has 6 nitrogen and oxygen atoms in total. The SMILES string of the molecule is CCCCC/C=C\C/C=C\CCCCCCCC(=O)OC(COC(=O)CCCCCCC/C=C\CCCCCCCC)COC(=O)CCCCCCCCCCCCCCCCCCCCCCC/C=C\C/C=C\CCCCCCC. The summed E-state index contributed by atoms with van der Waals surface area (Å²) in [4.78, 5) is 38.4. The average molecular weight is 1130 g/mol. The predicted molar refractivity (Wildman–Crippen MR) is 353 cm³/mol. The van der Waals surface area contributed by atoms with E-state index in [2.05, 4.69) is 81.5 Å². The minimum atomic E-state index is -0.784. The Morgan fingerprint density at radius 1 is 0.247 bits per heavy atom. The van der Waals surface area contributed by atoms with Crippen LogP contribution in [0.25, 0.3) is 0 Å². The second kappa shape index (κ2) is 69.6. The molecule has 0 heterocycles. The van der Waals surface area contributed by atoms with Gasteiger partial charge in [0.1, 0.15) is 13.2 Å². The molecule has 0 radical (unpaired) electrons.